The van der Waals surface area contributed by atoms with Crippen molar-refractivity contribution in [2.45, 2.75) is 11.8 Å². The van der Waals surface area contributed by atoms with Crippen molar-refractivity contribution < 1.29 is 8.42 Å². The number of hydrogen-bond donors (Lipinski definition) is 2. The third kappa shape index (κ3) is 4.65. The number of nitrogens with zero attached hydrogens (tertiary/aromatic N) is 1. The maximum absolute atomic E-state index is 12.2. The number of sulfonamides is 1. The second kappa shape index (κ2) is 7.77. The molecule has 0 saturated heterocycles. The molecular weight excluding hydrogens is 457 g/mol. The van der Waals surface area contributed by atoms with E-state index in [1.807, 2.05) is 19.1 Å². The van der Waals surface area contributed by atoms with Crippen LogP contribution in [0.1, 0.15) is 5.56 Å². The number of thiocarbonyl (C=S) groups is 1. The number of hydrogen-bond acceptors (Lipinski definition) is 3. The van der Waals surface area contributed by atoms with Crippen molar-refractivity contribution in [2.75, 3.05) is 24.7 Å². The van der Waals surface area contributed by atoms with Gasteiger partial charge in [-0.15, -0.1) is 0 Å². The molecule has 0 radical (unpaired) electrons. The fraction of sp³-hybridized carbons (Fsp3) is 0.188. The van der Waals surface area contributed by atoms with Crippen LogP contribution in [0.4, 0.5) is 11.4 Å². The largest absolute Gasteiger partial charge is 0.332 e. The molecule has 5 nitrogen and oxygen atoms in total. The first kappa shape index (κ1) is 19.1. The second-order valence-corrected chi connectivity index (χ2v) is 9.16. The quantitative estimate of drug-likeness (QED) is 0.522. The predicted octanol–water partition coefficient (Wildman–Crippen LogP) is 3.66. The van der Waals surface area contributed by atoms with Gasteiger partial charge >= 0.3 is 0 Å². The van der Waals surface area contributed by atoms with E-state index in [9.17, 15) is 8.42 Å². The third-order valence-corrected chi connectivity index (χ3v) is 5.99. The lowest BCUT2D eigenvalue weighted by Crippen LogP contribution is -2.23. The SMILES string of the molecule is Cc1cc(I)ccc1NC(=S)Nc1cccc(S(=O)(=O)N(C)C)c1. The van der Waals surface area contributed by atoms with Gasteiger partial charge in [-0.1, -0.05) is 6.07 Å². The standard InChI is InChI=1S/C16H18IN3O2S2/c1-11-9-12(17)7-8-15(11)19-16(23)18-13-5-4-6-14(10-13)24(21,22)20(2)3/h4-10H,1-3H3,(H2,18,19,23). The summed E-state index contributed by atoms with van der Waals surface area (Å²) in [6.45, 7) is 2.00. The van der Waals surface area contributed by atoms with E-state index in [-0.39, 0.29) is 4.90 Å². The fourth-order valence-corrected chi connectivity index (χ4v) is 3.82. The topological polar surface area (TPSA) is 61.4 Å². The summed E-state index contributed by atoms with van der Waals surface area (Å²) < 4.78 is 26.7. The van der Waals surface area contributed by atoms with E-state index in [0.717, 1.165) is 14.8 Å². The highest BCUT2D eigenvalue weighted by Gasteiger charge is 2.17. The van der Waals surface area contributed by atoms with Gasteiger partial charge in [-0.25, -0.2) is 12.7 Å². The molecule has 24 heavy (non-hydrogen) atoms. The Kier molecular flexibility index (Phi) is 6.18. The first-order valence-corrected chi connectivity index (χ1v) is 9.99. The summed E-state index contributed by atoms with van der Waals surface area (Å²) >= 11 is 7.57. The Labute approximate surface area is 161 Å². The van der Waals surface area contributed by atoms with Gasteiger partial charge in [0.1, 0.15) is 0 Å². The lowest BCUT2D eigenvalue weighted by atomic mass is 10.2. The number of aryl methyl sites for hydroxylation is 1. The minimum atomic E-state index is -3.48. The highest BCUT2D eigenvalue weighted by Crippen LogP contribution is 2.20. The number of anilines is 2. The summed E-state index contributed by atoms with van der Waals surface area (Å²) in [5.41, 5.74) is 2.60. The summed E-state index contributed by atoms with van der Waals surface area (Å²) in [6.07, 6.45) is 0. The third-order valence-electron chi connectivity index (χ3n) is 3.31. The van der Waals surface area contributed by atoms with E-state index in [0.29, 0.717) is 10.8 Å². The molecule has 0 amide bonds. The molecule has 0 bridgehead atoms. The molecule has 2 N–H and O–H groups in total. The maximum atomic E-state index is 12.2. The summed E-state index contributed by atoms with van der Waals surface area (Å²) in [5.74, 6) is 0. The summed E-state index contributed by atoms with van der Waals surface area (Å²) in [4.78, 5) is 0.214. The van der Waals surface area contributed by atoms with Crippen LogP contribution in [-0.2, 0) is 10.0 Å². The molecule has 0 spiro atoms. The smallest absolute Gasteiger partial charge is 0.242 e. The van der Waals surface area contributed by atoms with E-state index < -0.39 is 10.0 Å². The van der Waals surface area contributed by atoms with Crippen molar-refractivity contribution in [1.29, 1.82) is 0 Å². The Balaban J connectivity index is 2.15. The van der Waals surface area contributed by atoms with Crippen molar-refractivity contribution in [1.82, 2.24) is 4.31 Å². The van der Waals surface area contributed by atoms with Gasteiger partial charge in [0.15, 0.2) is 5.11 Å². The molecule has 0 aliphatic carbocycles. The Morgan fingerprint density at radius 2 is 1.83 bits per heavy atom. The molecule has 0 fully saturated rings. The molecule has 0 saturated carbocycles. The van der Waals surface area contributed by atoms with Gasteiger partial charge < -0.3 is 10.6 Å². The molecular formula is C16H18IN3O2S2. The molecule has 0 aliphatic rings. The molecule has 0 aromatic heterocycles. The Morgan fingerprint density at radius 3 is 2.46 bits per heavy atom. The molecule has 8 heteroatoms. The molecule has 0 aliphatic heterocycles. The average Bonchev–Trinajstić information content (AvgIpc) is 2.50. The summed E-state index contributed by atoms with van der Waals surface area (Å²) in [5, 5.41) is 6.54. The van der Waals surface area contributed by atoms with E-state index in [1.165, 1.54) is 18.4 Å². The first-order chi connectivity index (χ1) is 11.2. The van der Waals surface area contributed by atoms with Crippen LogP contribution >= 0.6 is 34.8 Å². The summed E-state index contributed by atoms with van der Waals surface area (Å²) in [6, 6.07) is 12.6. The van der Waals surface area contributed by atoms with Crippen LogP contribution in [0, 0.1) is 10.5 Å². The van der Waals surface area contributed by atoms with Crippen LogP contribution in [-0.4, -0.2) is 31.9 Å². The molecule has 0 heterocycles. The van der Waals surface area contributed by atoms with E-state index in [1.54, 1.807) is 24.3 Å². The zero-order valence-electron chi connectivity index (χ0n) is 13.5. The molecule has 0 atom stereocenters. The van der Waals surface area contributed by atoms with Gasteiger partial charge in [0.2, 0.25) is 10.0 Å². The minimum Gasteiger partial charge on any atom is -0.332 e. The van der Waals surface area contributed by atoms with Crippen LogP contribution in [0.15, 0.2) is 47.4 Å². The van der Waals surface area contributed by atoms with Crippen molar-refractivity contribution in [2.24, 2.45) is 0 Å². The molecule has 2 aromatic rings. The number of benzene rings is 2. The van der Waals surface area contributed by atoms with Crippen molar-refractivity contribution >= 4 is 61.3 Å². The Hall–Kier alpha value is -1.23. The van der Waals surface area contributed by atoms with Gasteiger partial charge in [-0.3, -0.25) is 0 Å². The maximum Gasteiger partial charge on any atom is 0.242 e. The van der Waals surface area contributed by atoms with Crippen molar-refractivity contribution in [3.8, 4) is 0 Å². The first-order valence-electron chi connectivity index (χ1n) is 7.07. The number of nitrogens with one attached hydrogen (secondary N) is 2. The minimum absolute atomic E-state index is 0.214. The van der Waals surface area contributed by atoms with Crippen molar-refractivity contribution in [3.63, 3.8) is 0 Å². The van der Waals surface area contributed by atoms with Gasteiger partial charge in [-0.05, 0) is 83.7 Å². The van der Waals surface area contributed by atoms with Gasteiger partial charge in [0.25, 0.3) is 0 Å². The Morgan fingerprint density at radius 1 is 1.12 bits per heavy atom. The molecule has 2 aromatic carbocycles. The van der Waals surface area contributed by atoms with Crippen LogP contribution in [0.3, 0.4) is 0 Å². The lowest BCUT2D eigenvalue weighted by Gasteiger charge is -2.15. The second-order valence-electron chi connectivity index (χ2n) is 5.35. The fourth-order valence-electron chi connectivity index (χ4n) is 2.00. The van der Waals surface area contributed by atoms with E-state index >= 15 is 0 Å². The van der Waals surface area contributed by atoms with Crippen LogP contribution in [0.25, 0.3) is 0 Å². The average molecular weight is 475 g/mol. The monoisotopic (exact) mass is 475 g/mol. The van der Waals surface area contributed by atoms with Crippen LogP contribution in [0.2, 0.25) is 0 Å². The zero-order valence-corrected chi connectivity index (χ0v) is 17.3. The zero-order chi connectivity index (χ0) is 17.9. The van der Waals surface area contributed by atoms with Gasteiger partial charge in [0.05, 0.1) is 4.90 Å². The summed E-state index contributed by atoms with van der Waals surface area (Å²) in [7, 11) is -0.474. The Bertz CT molecular complexity index is 867. The van der Waals surface area contributed by atoms with Gasteiger partial charge in [-0.2, -0.15) is 0 Å². The number of halogens is 1. The van der Waals surface area contributed by atoms with Gasteiger partial charge in [0, 0.05) is 29.0 Å². The molecule has 2 rings (SSSR count). The highest BCUT2D eigenvalue weighted by atomic mass is 127. The highest BCUT2D eigenvalue weighted by molar-refractivity contribution is 14.1. The number of rotatable bonds is 4. The van der Waals surface area contributed by atoms with Crippen molar-refractivity contribution in [3.05, 3.63) is 51.6 Å². The molecule has 128 valence electrons. The van der Waals surface area contributed by atoms with Crippen LogP contribution < -0.4 is 10.6 Å². The lowest BCUT2D eigenvalue weighted by molar-refractivity contribution is 0.521. The van der Waals surface area contributed by atoms with E-state index in [4.69, 9.17) is 12.2 Å². The van der Waals surface area contributed by atoms with E-state index in [2.05, 4.69) is 39.3 Å². The normalized spacial score (nSPS) is 11.4. The molecule has 0 unspecified atom stereocenters. The van der Waals surface area contributed by atoms with Crippen LogP contribution in [0.5, 0.6) is 0 Å². The predicted molar refractivity (Wildman–Crippen MR) is 111 cm³/mol.